The van der Waals surface area contributed by atoms with Crippen LogP contribution in [-0.2, 0) is 6.73 Å². The average Bonchev–Trinajstić information content (AvgIpc) is 3.16. The lowest BCUT2D eigenvalue weighted by atomic mass is 10.3. The molecule has 2 heterocycles. The van der Waals surface area contributed by atoms with Crippen molar-refractivity contribution >= 4 is 11.6 Å². The summed E-state index contributed by atoms with van der Waals surface area (Å²) < 4.78 is 12.1. The van der Waals surface area contributed by atoms with E-state index >= 15 is 0 Å². The lowest BCUT2D eigenvalue weighted by Gasteiger charge is -2.05. The van der Waals surface area contributed by atoms with Gasteiger partial charge >= 0.3 is 0 Å². The van der Waals surface area contributed by atoms with Gasteiger partial charge in [-0.15, -0.1) is 0 Å². The number of nitrogens with zero attached hydrogens (tertiary/aromatic N) is 3. The van der Waals surface area contributed by atoms with Crippen molar-refractivity contribution in [1.82, 2.24) is 14.9 Å². The number of carbonyl (C=O) groups excluding carboxylic acids is 1. The Labute approximate surface area is 132 Å². The van der Waals surface area contributed by atoms with Gasteiger partial charge in [0.2, 0.25) is 0 Å². The van der Waals surface area contributed by atoms with Crippen LogP contribution in [0.25, 0.3) is 0 Å². The number of para-hydroxylation sites is 1. The molecular weight excluding hydrogens is 296 g/mol. The molecule has 1 aromatic carbocycles. The first-order chi connectivity index (χ1) is 11.1. The Kier molecular flexibility index (Phi) is 4.09. The third-order valence-electron chi connectivity index (χ3n) is 3.25. The van der Waals surface area contributed by atoms with Crippen molar-refractivity contribution in [2.24, 2.45) is 0 Å². The molecule has 0 spiro atoms. The van der Waals surface area contributed by atoms with E-state index in [0.29, 0.717) is 22.8 Å². The molecule has 118 valence electrons. The van der Waals surface area contributed by atoms with Gasteiger partial charge < -0.3 is 14.6 Å². The van der Waals surface area contributed by atoms with Crippen LogP contribution >= 0.6 is 0 Å². The number of aryl methyl sites for hydroxylation is 2. The van der Waals surface area contributed by atoms with Crippen LogP contribution in [0, 0.1) is 13.8 Å². The number of amides is 1. The molecule has 0 saturated heterocycles. The number of ether oxygens (including phenoxy) is 1. The fraction of sp³-hybridized carbons (Fsp3) is 0.188. The molecule has 0 aliphatic heterocycles. The molecule has 1 amide bonds. The van der Waals surface area contributed by atoms with Crippen LogP contribution in [0.5, 0.6) is 5.75 Å². The predicted molar refractivity (Wildman–Crippen MR) is 83.2 cm³/mol. The zero-order valence-electron chi connectivity index (χ0n) is 12.8. The number of rotatable bonds is 5. The Hall–Kier alpha value is -3.09. The van der Waals surface area contributed by atoms with Crippen molar-refractivity contribution in [3.63, 3.8) is 0 Å². The van der Waals surface area contributed by atoms with Crippen LogP contribution in [0.15, 0.2) is 47.1 Å². The molecule has 0 radical (unpaired) electrons. The first-order valence-electron chi connectivity index (χ1n) is 7.09. The maximum atomic E-state index is 12.2. The molecule has 3 aromatic rings. The number of hydrogen-bond donors (Lipinski definition) is 1. The molecule has 0 bridgehead atoms. The number of hydrogen-bond acceptors (Lipinski definition) is 5. The second kappa shape index (κ2) is 6.35. The van der Waals surface area contributed by atoms with Gasteiger partial charge in [0.25, 0.3) is 5.91 Å². The molecule has 0 aliphatic rings. The highest BCUT2D eigenvalue weighted by Crippen LogP contribution is 2.19. The van der Waals surface area contributed by atoms with Gasteiger partial charge in [0.05, 0.1) is 0 Å². The van der Waals surface area contributed by atoms with Gasteiger partial charge in [0, 0.05) is 6.20 Å². The molecule has 0 aliphatic carbocycles. The zero-order chi connectivity index (χ0) is 16.2. The van der Waals surface area contributed by atoms with E-state index in [9.17, 15) is 4.79 Å². The summed E-state index contributed by atoms with van der Waals surface area (Å²) in [6.07, 6.45) is 1.69. The highest BCUT2D eigenvalue weighted by molar-refractivity contribution is 6.03. The van der Waals surface area contributed by atoms with Gasteiger partial charge in [0.1, 0.15) is 17.1 Å². The molecular formula is C16H16N4O3. The fourth-order valence-corrected chi connectivity index (χ4v) is 2.05. The van der Waals surface area contributed by atoms with Crippen molar-refractivity contribution in [2.45, 2.75) is 20.6 Å². The van der Waals surface area contributed by atoms with Crippen LogP contribution in [0.4, 0.5) is 5.69 Å². The highest BCUT2D eigenvalue weighted by atomic mass is 16.5. The minimum atomic E-state index is -0.321. The van der Waals surface area contributed by atoms with Crippen molar-refractivity contribution < 1.29 is 14.1 Å². The normalized spacial score (nSPS) is 10.5. The van der Waals surface area contributed by atoms with Gasteiger partial charge in [-0.25, -0.2) is 4.68 Å². The van der Waals surface area contributed by atoms with Gasteiger partial charge in [0.15, 0.2) is 18.2 Å². The van der Waals surface area contributed by atoms with E-state index in [-0.39, 0.29) is 12.6 Å². The predicted octanol–water partition coefficient (Wildman–Crippen LogP) is 2.78. The van der Waals surface area contributed by atoms with Gasteiger partial charge in [-0.2, -0.15) is 5.10 Å². The Morgan fingerprint density at radius 2 is 2.04 bits per heavy atom. The minimum Gasteiger partial charge on any atom is -0.471 e. The molecule has 3 rings (SSSR count). The third kappa shape index (κ3) is 3.39. The van der Waals surface area contributed by atoms with Gasteiger partial charge in [-0.05, 0) is 32.0 Å². The van der Waals surface area contributed by atoms with Crippen LogP contribution in [0.2, 0.25) is 0 Å². The lowest BCUT2D eigenvalue weighted by Crippen LogP contribution is -2.15. The maximum Gasteiger partial charge on any atom is 0.276 e. The molecule has 7 heteroatoms. The number of benzene rings is 1. The highest BCUT2D eigenvalue weighted by Gasteiger charge is 2.15. The Morgan fingerprint density at radius 1 is 1.26 bits per heavy atom. The summed E-state index contributed by atoms with van der Waals surface area (Å²) >= 11 is 0. The number of aromatic nitrogens is 3. The Morgan fingerprint density at radius 3 is 2.74 bits per heavy atom. The first-order valence-corrected chi connectivity index (χ1v) is 7.09. The summed E-state index contributed by atoms with van der Waals surface area (Å²) in [7, 11) is 0. The molecule has 0 fully saturated rings. The largest absolute Gasteiger partial charge is 0.471 e. The fourth-order valence-electron chi connectivity index (χ4n) is 2.05. The van der Waals surface area contributed by atoms with Gasteiger partial charge in [-0.1, -0.05) is 23.4 Å². The van der Waals surface area contributed by atoms with E-state index in [1.165, 1.54) is 0 Å². The van der Waals surface area contributed by atoms with E-state index in [4.69, 9.17) is 9.26 Å². The van der Waals surface area contributed by atoms with E-state index in [0.717, 1.165) is 5.75 Å². The third-order valence-corrected chi connectivity index (χ3v) is 3.25. The van der Waals surface area contributed by atoms with Crippen LogP contribution < -0.4 is 10.1 Å². The maximum absolute atomic E-state index is 12.2. The SMILES string of the molecule is Cc1noc(C)c1NC(=O)c1ccn(COc2ccccc2)n1. The van der Waals surface area contributed by atoms with Crippen molar-refractivity contribution in [2.75, 3.05) is 5.32 Å². The summed E-state index contributed by atoms with van der Waals surface area (Å²) in [4.78, 5) is 12.2. The van der Waals surface area contributed by atoms with Gasteiger partial charge in [-0.3, -0.25) is 4.79 Å². The molecule has 23 heavy (non-hydrogen) atoms. The first kappa shape index (κ1) is 14.8. The van der Waals surface area contributed by atoms with Crippen molar-refractivity contribution in [3.05, 3.63) is 59.7 Å². The number of nitrogens with one attached hydrogen (secondary N) is 1. The summed E-state index contributed by atoms with van der Waals surface area (Å²) in [5, 5.41) is 10.7. The van der Waals surface area contributed by atoms with Crippen LogP contribution in [-0.4, -0.2) is 20.8 Å². The molecule has 7 nitrogen and oxygen atoms in total. The molecule has 0 atom stereocenters. The van der Waals surface area contributed by atoms with Crippen molar-refractivity contribution in [3.8, 4) is 5.75 Å². The smallest absolute Gasteiger partial charge is 0.276 e. The summed E-state index contributed by atoms with van der Waals surface area (Å²) in [6, 6.07) is 11.0. The second-order valence-electron chi connectivity index (χ2n) is 4.98. The Balaban J connectivity index is 1.63. The average molecular weight is 312 g/mol. The van der Waals surface area contributed by atoms with Crippen LogP contribution in [0.1, 0.15) is 21.9 Å². The van der Waals surface area contributed by atoms with Crippen LogP contribution in [0.3, 0.4) is 0 Å². The minimum absolute atomic E-state index is 0.225. The molecule has 0 saturated carbocycles. The lowest BCUT2D eigenvalue weighted by molar-refractivity contribution is 0.102. The standard InChI is InChI=1S/C16H16N4O3/c1-11-15(12(2)23-19-11)17-16(21)14-8-9-20(18-14)10-22-13-6-4-3-5-7-13/h3-9H,10H2,1-2H3,(H,17,21). The molecule has 0 unspecified atom stereocenters. The summed E-state index contributed by atoms with van der Waals surface area (Å²) in [6.45, 7) is 3.73. The van der Waals surface area contributed by atoms with Crippen molar-refractivity contribution in [1.29, 1.82) is 0 Å². The summed E-state index contributed by atoms with van der Waals surface area (Å²) in [5.41, 5.74) is 1.49. The summed E-state index contributed by atoms with van der Waals surface area (Å²) in [5.74, 6) is 0.977. The van der Waals surface area contributed by atoms with E-state index < -0.39 is 0 Å². The Bertz CT molecular complexity index is 788. The van der Waals surface area contributed by atoms with E-state index in [1.54, 1.807) is 30.8 Å². The molecule has 1 N–H and O–H groups in total. The quantitative estimate of drug-likeness (QED) is 0.783. The van der Waals surface area contributed by atoms with E-state index in [2.05, 4.69) is 15.6 Å². The topological polar surface area (TPSA) is 82.2 Å². The zero-order valence-corrected chi connectivity index (χ0v) is 12.8. The molecule has 2 aromatic heterocycles. The number of carbonyl (C=O) groups is 1. The second-order valence-corrected chi connectivity index (χ2v) is 4.98. The number of anilines is 1. The van der Waals surface area contributed by atoms with E-state index in [1.807, 2.05) is 30.3 Å². The monoisotopic (exact) mass is 312 g/mol.